The zero-order valence-electron chi connectivity index (χ0n) is 15.9. The average Bonchev–Trinajstić information content (AvgIpc) is 3.13. The van der Waals surface area contributed by atoms with Crippen LogP contribution in [0.15, 0.2) is 30.3 Å². The van der Waals surface area contributed by atoms with Crippen molar-refractivity contribution in [2.75, 3.05) is 13.1 Å². The van der Waals surface area contributed by atoms with Crippen molar-refractivity contribution in [3.8, 4) is 0 Å². The monoisotopic (exact) mass is 371 g/mol. The molecule has 1 aliphatic heterocycles. The van der Waals surface area contributed by atoms with Gasteiger partial charge in [0.2, 0.25) is 11.7 Å². The Balaban J connectivity index is 1.66. The first-order chi connectivity index (χ1) is 13.1. The maximum Gasteiger partial charge on any atom is 0.292 e. The fourth-order valence-corrected chi connectivity index (χ4v) is 4.30. The highest BCUT2D eigenvalue weighted by Crippen LogP contribution is 2.29. The Morgan fingerprint density at radius 1 is 1.07 bits per heavy atom. The molecule has 1 saturated carbocycles. The number of benzene rings is 1. The van der Waals surface area contributed by atoms with Gasteiger partial charge < -0.3 is 10.6 Å². The molecule has 6 heteroatoms. The zero-order valence-corrected chi connectivity index (χ0v) is 15.9. The summed E-state index contributed by atoms with van der Waals surface area (Å²) in [5, 5.41) is 5.78. The molecule has 0 radical (unpaired) electrons. The number of hydrogen-bond donors (Lipinski definition) is 2. The van der Waals surface area contributed by atoms with Crippen molar-refractivity contribution >= 4 is 17.6 Å². The molecule has 146 valence electrons. The van der Waals surface area contributed by atoms with Crippen molar-refractivity contribution in [1.29, 1.82) is 0 Å². The van der Waals surface area contributed by atoms with E-state index in [2.05, 4.69) is 15.5 Å². The van der Waals surface area contributed by atoms with E-state index in [0.717, 1.165) is 12.8 Å². The van der Waals surface area contributed by atoms with Gasteiger partial charge in [0, 0.05) is 30.7 Å². The second-order valence-electron chi connectivity index (χ2n) is 7.50. The van der Waals surface area contributed by atoms with Gasteiger partial charge in [0.15, 0.2) is 0 Å². The van der Waals surface area contributed by atoms with Crippen LogP contribution in [0.4, 0.5) is 0 Å². The normalized spacial score (nSPS) is 23.7. The first-order valence-corrected chi connectivity index (χ1v) is 10.0. The number of carbonyl (C=O) groups is 3. The first kappa shape index (κ1) is 19.5. The van der Waals surface area contributed by atoms with Crippen molar-refractivity contribution < 1.29 is 14.4 Å². The Bertz CT molecular complexity index is 671. The molecule has 1 saturated heterocycles. The third-order valence-electron chi connectivity index (χ3n) is 5.61. The molecule has 1 aliphatic carbocycles. The highest BCUT2D eigenvalue weighted by molar-refractivity contribution is 6.42. The molecule has 27 heavy (non-hydrogen) atoms. The van der Waals surface area contributed by atoms with E-state index < -0.39 is 11.7 Å². The van der Waals surface area contributed by atoms with E-state index in [0.29, 0.717) is 31.1 Å². The maximum absolute atomic E-state index is 12.6. The molecule has 3 rings (SSSR count). The molecule has 0 bridgehead atoms. The van der Waals surface area contributed by atoms with Crippen LogP contribution in [0.3, 0.4) is 0 Å². The van der Waals surface area contributed by atoms with E-state index in [1.807, 2.05) is 13.0 Å². The van der Waals surface area contributed by atoms with Gasteiger partial charge in [0.05, 0.1) is 6.04 Å². The molecule has 2 amide bonds. The van der Waals surface area contributed by atoms with Crippen molar-refractivity contribution in [1.82, 2.24) is 15.5 Å². The lowest BCUT2D eigenvalue weighted by Gasteiger charge is -2.34. The standard InChI is InChI=1S/C21H29N3O3/c1-2-22-20(26)18-13-16(14-24(18)17-11-7-4-8-12-17)23-21(27)19(25)15-9-5-3-6-10-15/h3,5-6,9-10,16-18H,2,4,7-8,11-14H2,1H3,(H,22,26)(H,23,27)/t16-,18-/m0/s1. The fraction of sp³-hybridized carbons (Fsp3) is 0.571. The highest BCUT2D eigenvalue weighted by atomic mass is 16.2. The molecule has 2 N–H and O–H groups in total. The van der Waals surface area contributed by atoms with Crippen LogP contribution in [-0.2, 0) is 9.59 Å². The van der Waals surface area contributed by atoms with E-state index in [1.54, 1.807) is 24.3 Å². The minimum absolute atomic E-state index is 0.0224. The van der Waals surface area contributed by atoms with Crippen LogP contribution < -0.4 is 10.6 Å². The van der Waals surface area contributed by atoms with Crippen LogP contribution in [0.1, 0.15) is 55.8 Å². The van der Waals surface area contributed by atoms with Crippen molar-refractivity contribution in [2.24, 2.45) is 0 Å². The van der Waals surface area contributed by atoms with E-state index >= 15 is 0 Å². The molecule has 0 spiro atoms. The number of likely N-dealkylation sites (N-methyl/N-ethyl adjacent to an activating group) is 1. The summed E-state index contributed by atoms with van der Waals surface area (Å²) in [5.41, 5.74) is 0.386. The summed E-state index contributed by atoms with van der Waals surface area (Å²) < 4.78 is 0. The molecule has 1 aromatic carbocycles. The number of nitrogens with zero attached hydrogens (tertiary/aromatic N) is 1. The molecular formula is C21H29N3O3. The lowest BCUT2D eigenvalue weighted by atomic mass is 9.93. The number of Topliss-reactive ketones (excluding diaryl/α,β-unsaturated/α-hetero) is 1. The molecule has 0 unspecified atom stereocenters. The predicted molar refractivity (Wildman–Crippen MR) is 103 cm³/mol. The van der Waals surface area contributed by atoms with Crippen molar-refractivity contribution in [2.45, 2.75) is 63.6 Å². The average molecular weight is 371 g/mol. The number of hydrogen-bond acceptors (Lipinski definition) is 4. The van der Waals surface area contributed by atoms with Crippen LogP contribution >= 0.6 is 0 Å². The van der Waals surface area contributed by atoms with Crippen LogP contribution in [0.5, 0.6) is 0 Å². The molecule has 1 heterocycles. The number of nitrogens with one attached hydrogen (secondary N) is 2. The number of likely N-dealkylation sites (tertiary alicyclic amines) is 1. The third kappa shape index (κ3) is 4.75. The number of ketones is 1. The molecule has 2 atom stereocenters. The Hall–Kier alpha value is -2.21. The van der Waals surface area contributed by atoms with Crippen LogP contribution in [-0.4, -0.2) is 53.7 Å². The van der Waals surface area contributed by atoms with Gasteiger partial charge in [-0.25, -0.2) is 0 Å². The van der Waals surface area contributed by atoms with Crippen LogP contribution in [0.25, 0.3) is 0 Å². The first-order valence-electron chi connectivity index (χ1n) is 10.0. The lowest BCUT2D eigenvalue weighted by Crippen LogP contribution is -2.48. The maximum atomic E-state index is 12.6. The van der Waals surface area contributed by atoms with E-state index in [9.17, 15) is 14.4 Å². The smallest absolute Gasteiger partial charge is 0.292 e. The van der Waals surface area contributed by atoms with Gasteiger partial charge in [-0.2, -0.15) is 0 Å². The summed E-state index contributed by atoms with van der Waals surface area (Å²) >= 11 is 0. The van der Waals surface area contributed by atoms with Crippen molar-refractivity contribution in [3.63, 3.8) is 0 Å². The summed E-state index contributed by atoms with van der Waals surface area (Å²) in [6.07, 6.45) is 6.37. The van der Waals surface area contributed by atoms with Gasteiger partial charge in [-0.05, 0) is 26.2 Å². The fourth-order valence-electron chi connectivity index (χ4n) is 4.30. The largest absolute Gasteiger partial charge is 0.355 e. The predicted octanol–water partition coefficient (Wildman–Crippen LogP) is 1.90. The molecular weight excluding hydrogens is 342 g/mol. The van der Waals surface area contributed by atoms with Gasteiger partial charge in [0.25, 0.3) is 5.91 Å². The quantitative estimate of drug-likeness (QED) is 0.591. The minimum Gasteiger partial charge on any atom is -0.355 e. The third-order valence-corrected chi connectivity index (χ3v) is 5.61. The SMILES string of the molecule is CCNC(=O)[C@@H]1C[C@H](NC(=O)C(=O)c2ccccc2)CN1C1CCCCC1. The second-order valence-corrected chi connectivity index (χ2v) is 7.50. The number of amides is 2. The summed E-state index contributed by atoms with van der Waals surface area (Å²) in [6.45, 7) is 3.13. The van der Waals surface area contributed by atoms with E-state index in [-0.39, 0.29) is 18.0 Å². The van der Waals surface area contributed by atoms with Crippen LogP contribution in [0.2, 0.25) is 0 Å². The molecule has 2 aliphatic rings. The van der Waals surface area contributed by atoms with Gasteiger partial charge in [-0.15, -0.1) is 0 Å². The van der Waals surface area contributed by atoms with Crippen LogP contribution in [0, 0.1) is 0 Å². The Morgan fingerprint density at radius 3 is 2.44 bits per heavy atom. The second kappa shape index (κ2) is 9.13. The Kier molecular flexibility index (Phi) is 6.61. The molecule has 2 fully saturated rings. The topological polar surface area (TPSA) is 78.5 Å². The van der Waals surface area contributed by atoms with E-state index in [1.165, 1.54) is 19.3 Å². The molecule has 0 aromatic heterocycles. The van der Waals surface area contributed by atoms with Gasteiger partial charge in [-0.3, -0.25) is 19.3 Å². The number of carbonyl (C=O) groups excluding carboxylic acids is 3. The Labute approximate surface area is 160 Å². The summed E-state index contributed by atoms with van der Waals surface area (Å²) in [4.78, 5) is 39.5. The lowest BCUT2D eigenvalue weighted by molar-refractivity contribution is -0.126. The summed E-state index contributed by atoms with van der Waals surface area (Å²) in [5.74, 6) is -1.10. The highest BCUT2D eigenvalue weighted by Gasteiger charge is 2.41. The van der Waals surface area contributed by atoms with Crippen molar-refractivity contribution in [3.05, 3.63) is 35.9 Å². The molecule has 1 aromatic rings. The zero-order chi connectivity index (χ0) is 19.2. The van der Waals surface area contributed by atoms with Gasteiger partial charge in [-0.1, -0.05) is 49.6 Å². The van der Waals surface area contributed by atoms with E-state index in [4.69, 9.17) is 0 Å². The summed E-state index contributed by atoms with van der Waals surface area (Å²) in [6, 6.07) is 8.55. The Morgan fingerprint density at radius 2 is 1.78 bits per heavy atom. The van der Waals surface area contributed by atoms with Gasteiger partial charge >= 0.3 is 0 Å². The number of rotatable bonds is 6. The molecule has 6 nitrogen and oxygen atoms in total. The summed E-state index contributed by atoms with van der Waals surface area (Å²) in [7, 11) is 0. The van der Waals surface area contributed by atoms with Gasteiger partial charge in [0.1, 0.15) is 0 Å². The minimum atomic E-state index is -0.591.